The van der Waals surface area contributed by atoms with Crippen LogP contribution in [0.1, 0.15) is 37.9 Å². The summed E-state index contributed by atoms with van der Waals surface area (Å²) in [5.41, 5.74) is 2.55. The maximum Gasteiger partial charge on any atom is 0.209 e. The van der Waals surface area contributed by atoms with Crippen LogP contribution in [0, 0.1) is 0 Å². The Morgan fingerprint density at radius 3 is 2.00 bits per heavy atom. The van der Waals surface area contributed by atoms with Crippen molar-refractivity contribution in [3.8, 4) is 0 Å². The lowest BCUT2D eigenvalue weighted by Gasteiger charge is -2.48. The molecule has 0 aromatic heterocycles. The first kappa shape index (κ1) is 22.9. The molecule has 3 rings (SSSR count). The SMILES string of the molecule is CC(C)(C)S(C)(C)OCC1CN(C=O)CCN1C(c1ccccc1)c1ccccc1. The van der Waals surface area contributed by atoms with Gasteiger partial charge in [-0.15, -0.1) is 10.3 Å². The molecule has 2 aromatic carbocycles. The van der Waals surface area contributed by atoms with E-state index in [2.05, 4.69) is 98.8 Å². The largest absolute Gasteiger partial charge is 0.342 e. The zero-order chi connectivity index (χ0) is 21.8. The molecule has 1 unspecified atom stereocenters. The number of carbonyl (C=O) groups excluding carboxylic acids is 1. The third kappa shape index (κ3) is 5.26. The zero-order valence-electron chi connectivity index (χ0n) is 19.0. The number of hydrogen-bond acceptors (Lipinski definition) is 3. The third-order valence-electron chi connectivity index (χ3n) is 6.30. The summed E-state index contributed by atoms with van der Waals surface area (Å²) in [7, 11) is -1.23. The molecule has 0 radical (unpaired) electrons. The first-order chi connectivity index (χ1) is 14.2. The topological polar surface area (TPSA) is 32.8 Å². The molecular formula is C25H36N2O2S. The van der Waals surface area contributed by atoms with E-state index >= 15 is 0 Å². The molecule has 2 aromatic rings. The molecule has 0 N–H and O–H groups in total. The molecule has 164 valence electrons. The Hall–Kier alpha value is -1.82. The lowest BCUT2D eigenvalue weighted by atomic mass is 9.94. The van der Waals surface area contributed by atoms with Crippen LogP contribution >= 0.6 is 10.3 Å². The predicted molar refractivity (Wildman–Crippen MR) is 128 cm³/mol. The van der Waals surface area contributed by atoms with Crippen LogP contribution in [-0.2, 0) is 8.98 Å². The fourth-order valence-electron chi connectivity index (χ4n) is 3.75. The van der Waals surface area contributed by atoms with Crippen molar-refractivity contribution in [3.05, 3.63) is 71.8 Å². The Kier molecular flexibility index (Phi) is 7.27. The zero-order valence-corrected chi connectivity index (χ0v) is 19.8. The van der Waals surface area contributed by atoms with E-state index in [4.69, 9.17) is 4.18 Å². The van der Waals surface area contributed by atoms with E-state index < -0.39 is 10.3 Å². The summed E-state index contributed by atoms with van der Waals surface area (Å²) in [5.74, 6) is 0. The van der Waals surface area contributed by atoms with Gasteiger partial charge in [0.05, 0.1) is 18.7 Å². The van der Waals surface area contributed by atoms with Gasteiger partial charge < -0.3 is 9.08 Å². The van der Waals surface area contributed by atoms with Crippen molar-refractivity contribution in [2.45, 2.75) is 37.6 Å². The van der Waals surface area contributed by atoms with E-state index in [0.29, 0.717) is 13.2 Å². The van der Waals surface area contributed by atoms with E-state index in [1.54, 1.807) is 0 Å². The van der Waals surface area contributed by atoms with Gasteiger partial charge >= 0.3 is 0 Å². The molecule has 30 heavy (non-hydrogen) atoms. The molecule has 1 heterocycles. The monoisotopic (exact) mass is 428 g/mol. The van der Waals surface area contributed by atoms with Gasteiger partial charge in [-0.05, 0) is 23.6 Å². The maximum atomic E-state index is 11.6. The Balaban J connectivity index is 1.92. The van der Waals surface area contributed by atoms with E-state index in [9.17, 15) is 4.79 Å². The highest BCUT2D eigenvalue weighted by molar-refractivity contribution is 8.29. The molecule has 1 aliphatic rings. The highest BCUT2D eigenvalue weighted by Crippen LogP contribution is 2.54. The highest BCUT2D eigenvalue weighted by atomic mass is 32.3. The van der Waals surface area contributed by atoms with Crippen LogP contribution in [0.2, 0.25) is 0 Å². The average molecular weight is 429 g/mol. The number of hydrogen-bond donors (Lipinski definition) is 0. The maximum absolute atomic E-state index is 11.6. The van der Waals surface area contributed by atoms with Gasteiger partial charge in [0.2, 0.25) is 6.41 Å². The second kappa shape index (κ2) is 9.54. The second-order valence-corrected chi connectivity index (χ2v) is 13.3. The minimum Gasteiger partial charge on any atom is -0.342 e. The van der Waals surface area contributed by atoms with Crippen molar-refractivity contribution in [1.29, 1.82) is 0 Å². The van der Waals surface area contributed by atoms with E-state index in [1.807, 2.05) is 4.90 Å². The summed E-state index contributed by atoms with van der Waals surface area (Å²) in [4.78, 5) is 16.0. The molecule has 1 aliphatic heterocycles. The molecule has 1 atom stereocenters. The minimum atomic E-state index is -1.23. The van der Waals surface area contributed by atoms with Crippen LogP contribution in [0.4, 0.5) is 0 Å². The second-order valence-electron chi connectivity index (χ2n) is 9.35. The normalized spacial score (nSPS) is 19.1. The van der Waals surface area contributed by atoms with Crippen molar-refractivity contribution in [3.63, 3.8) is 0 Å². The van der Waals surface area contributed by atoms with Gasteiger partial charge in [0, 0.05) is 24.4 Å². The van der Waals surface area contributed by atoms with Crippen LogP contribution in [0.3, 0.4) is 0 Å². The fraction of sp³-hybridized carbons (Fsp3) is 0.480. The first-order valence-electron chi connectivity index (χ1n) is 10.7. The van der Waals surface area contributed by atoms with Crippen molar-refractivity contribution >= 4 is 16.7 Å². The van der Waals surface area contributed by atoms with E-state index in [1.165, 1.54) is 11.1 Å². The fourth-order valence-corrected chi connectivity index (χ4v) is 4.60. The van der Waals surface area contributed by atoms with Crippen LogP contribution in [0.15, 0.2) is 60.7 Å². The van der Waals surface area contributed by atoms with Gasteiger partial charge in [0.25, 0.3) is 0 Å². The molecule has 0 spiro atoms. The molecule has 5 heteroatoms. The smallest absolute Gasteiger partial charge is 0.209 e. The van der Waals surface area contributed by atoms with E-state index in [-0.39, 0.29) is 16.8 Å². The Bertz CT molecular complexity index is 765. The molecular weight excluding hydrogens is 392 g/mol. The number of nitrogens with zero attached hydrogens (tertiary/aromatic N) is 2. The minimum absolute atomic E-state index is 0.106. The summed E-state index contributed by atoms with van der Waals surface area (Å²) >= 11 is 0. The van der Waals surface area contributed by atoms with Crippen LogP contribution < -0.4 is 0 Å². The van der Waals surface area contributed by atoms with Crippen molar-refractivity contribution in [2.75, 3.05) is 38.8 Å². The number of rotatable bonds is 7. The Labute approximate surface area is 183 Å². The molecule has 1 amide bonds. The van der Waals surface area contributed by atoms with Gasteiger partial charge in [-0.25, -0.2) is 0 Å². The van der Waals surface area contributed by atoms with Crippen LogP contribution in [0.25, 0.3) is 0 Å². The van der Waals surface area contributed by atoms with Gasteiger partial charge in [0.15, 0.2) is 0 Å². The van der Waals surface area contributed by atoms with Gasteiger partial charge in [-0.3, -0.25) is 9.69 Å². The summed E-state index contributed by atoms with van der Waals surface area (Å²) in [5, 5.41) is 0. The lowest BCUT2D eigenvalue weighted by Crippen LogP contribution is -2.55. The Morgan fingerprint density at radius 2 is 1.53 bits per heavy atom. The molecule has 1 fully saturated rings. The molecule has 0 aliphatic carbocycles. The number of amides is 1. The molecule has 4 nitrogen and oxygen atoms in total. The summed E-state index contributed by atoms with van der Waals surface area (Å²) in [6.45, 7) is 9.62. The number of benzene rings is 2. The molecule has 0 bridgehead atoms. The first-order valence-corrected chi connectivity index (χ1v) is 13.0. The molecule has 1 saturated heterocycles. The predicted octanol–water partition coefficient (Wildman–Crippen LogP) is 4.71. The summed E-state index contributed by atoms with van der Waals surface area (Å²) < 4.78 is 6.68. The van der Waals surface area contributed by atoms with Crippen molar-refractivity contribution < 1.29 is 8.98 Å². The summed E-state index contributed by atoms with van der Waals surface area (Å²) in [6.07, 6.45) is 5.46. The van der Waals surface area contributed by atoms with Gasteiger partial charge in [0.1, 0.15) is 0 Å². The third-order valence-corrected chi connectivity index (χ3v) is 9.98. The quantitative estimate of drug-likeness (QED) is 0.599. The van der Waals surface area contributed by atoms with E-state index in [0.717, 1.165) is 19.5 Å². The van der Waals surface area contributed by atoms with Gasteiger partial charge in [-0.1, -0.05) is 81.4 Å². The Morgan fingerprint density at radius 1 is 1.00 bits per heavy atom. The number of carbonyl (C=O) groups is 1. The number of piperazine rings is 1. The highest BCUT2D eigenvalue weighted by Gasteiger charge is 2.36. The van der Waals surface area contributed by atoms with Crippen molar-refractivity contribution in [2.24, 2.45) is 0 Å². The van der Waals surface area contributed by atoms with Crippen molar-refractivity contribution in [1.82, 2.24) is 9.80 Å². The van der Waals surface area contributed by atoms with Crippen LogP contribution in [-0.4, -0.2) is 65.8 Å². The molecule has 0 saturated carbocycles. The summed E-state index contributed by atoms with van der Waals surface area (Å²) in [6, 6.07) is 21.6. The standard InChI is InChI=1S/C25H36N2O2S/c1-25(2,3)30(4,5)29-19-23-18-26(20-28)16-17-27(23)24(21-12-8-6-9-13-21)22-14-10-7-11-15-22/h6-15,20,23-24H,16-19H2,1-5H3. The van der Waals surface area contributed by atoms with Gasteiger partial charge in [-0.2, -0.15) is 0 Å². The van der Waals surface area contributed by atoms with Crippen LogP contribution in [0.5, 0.6) is 0 Å². The lowest BCUT2D eigenvalue weighted by molar-refractivity contribution is -0.121. The average Bonchev–Trinajstić information content (AvgIpc) is 2.74.